The maximum atomic E-state index is 12.8. The van der Waals surface area contributed by atoms with Crippen LogP contribution in [-0.4, -0.2) is 40.8 Å². The summed E-state index contributed by atoms with van der Waals surface area (Å²) in [5, 5.41) is 23.2. The van der Waals surface area contributed by atoms with E-state index >= 15 is 0 Å². The van der Waals surface area contributed by atoms with Gasteiger partial charge in [-0.2, -0.15) is 0 Å². The SMILES string of the molecule is CCO[C@H](/C=C/C(=O)O)[C@H](OC(=O)Nc1ccc(C(C)=O)cc1)c1ccc(O)c2ccccc12. The van der Waals surface area contributed by atoms with Gasteiger partial charge in [-0.25, -0.2) is 9.59 Å². The van der Waals surface area contributed by atoms with Crippen LogP contribution in [0.3, 0.4) is 0 Å². The van der Waals surface area contributed by atoms with E-state index in [0.717, 1.165) is 6.08 Å². The lowest BCUT2D eigenvalue weighted by molar-refractivity contribution is -0.131. The summed E-state index contributed by atoms with van der Waals surface area (Å²) in [6.07, 6.45) is -0.506. The normalized spacial score (nSPS) is 12.9. The van der Waals surface area contributed by atoms with Crippen molar-refractivity contribution in [2.75, 3.05) is 11.9 Å². The van der Waals surface area contributed by atoms with E-state index in [1.165, 1.54) is 19.1 Å². The van der Waals surface area contributed by atoms with Gasteiger partial charge in [-0.3, -0.25) is 10.1 Å². The van der Waals surface area contributed by atoms with Gasteiger partial charge in [0.1, 0.15) is 11.9 Å². The van der Waals surface area contributed by atoms with Gasteiger partial charge in [0.2, 0.25) is 0 Å². The van der Waals surface area contributed by atoms with Crippen molar-refractivity contribution in [3.05, 3.63) is 83.9 Å². The molecule has 0 fully saturated rings. The number of ketones is 1. The van der Waals surface area contributed by atoms with Crippen molar-refractivity contribution in [3.8, 4) is 5.75 Å². The number of aliphatic carboxylic acids is 1. The number of amides is 1. The van der Waals surface area contributed by atoms with Gasteiger partial charge in [-0.1, -0.05) is 30.3 Å². The minimum atomic E-state index is -1.17. The number of carbonyl (C=O) groups excluding carboxylic acids is 2. The maximum Gasteiger partial charge on any atom is 0.412 e. The molecule has 0 unspecified atom stereocenters. The first kappa shape index (κ1) is 24.5. The average Bonchev–Trinajstić information content (AvgIpc) is 2.81. The molecule has 8 heteroatoms. The highest BCUT2D eigenvalue weighted by molar-refractivity contribution is 5.95. The maximum absolute atomic E-state index is 12.8. The lowest BCUT2D eigenvalue weighted by Gasteiger charge is -2.26. The van der Waals surface area contributed by atoms with Gasteiger partial charge in [0.05, 0.1) is 0 Å². The van der Waals surface area contributed by atoms with Crippen LogP contribution in [0.15, 0.2) is 72.8 Å². The highest BCUT2D eigenvalue weighted by Gasteiger charge is 2.28. The van der Waals surface area contributed by atoms with Crippen LogP contribution >= 0.6 is 0 Å². The lowest BCUT2D eigenvalue weighted by Crippen LogP contribution is -2.28. The first-order valence-electron chi connectivity index (χ1n) is 10.6. The molecule has 0 bridgehead atoms. The number of carboxylic acid groups (broad SMARTS) is 1. The number of phenols is 1. The van der Waals surface area contributed by atoms with Crippen molar-refractivity contribution in [1.29, 1.82) is 0 Å². The molecular formula is C26H25NO7. The molecule has 3 aromatic rings. The van der Waals surface area contributed by atoms with Crippen molar-refractivity contribution in [2.45, 2.75) is 26.1 Å². The molecule has 2 atom stereocenters. The summed E-state index contributed by atoms with van der Waals surface area (Å²) in [5.41, 5.74) is 1.45. The fraction of sp³-hybridized carbons (Fsp3) is 0.192. The van der Waals surface area contributed by atoms with Gasteiger partial charge < -0.3 is 19.7 Å². The Morgan fingerprint density at radius 3 is 2.29 bits per heavy atom. The number of hydrogen-bond acceptors (Lipinski definition) is 6. The van der Waals surface area contributed by atoms with E-state index in [0.29, 0.717) is 27.6 Å². The Bertz CT molecular complexity index is 1220. The number of rotatable bonds is 9. The van der Waals surface area contributed by atoms with Gasteiger partial charge in [-0.15, -0.1) is 0 Å². The van der Waals surface area contributed by atoms with Crippen molar-refractivity contribution < 1.29 is 34.1 Å². The summed E-state index contributed by atoms with van der Waals surface area (Å²) in [6.45, 7) is 3.42. The van der Waals surface area contributed by atoms with Crippen LogP contribution < -0.4 is 5.32 Å². The molecule has 0 aliphatic rings. The van der Waals surface area contributed by atoms with E-state index in [1.54, 1.807) is 61.5 Å². The molecular weight excluding hydrogens is 438 g/mol. The largest absolute Gasteiger partial charge is 0.507 e. The van der Waals surface area contributed by atoms with Crippen molar-refractivity contribution >= 4 is 34.3 Å². The zero-order valence-electron chi connectivity index (χ0n) is 18.7. The van der Waals surface area contributed by atoms with Gasteiger partial charge in [0, 0.05) is 34.9 Å². The molecule has 1 amide bonds. The Balaban J connectivity index is 1.98. The first-order valence-corrected chi connectivity index (χ1v) is 10.6. The fourth-order valence-electron chi connectivity index (χ4n) is 3.53. The molecule has 8 nitrogen and oxygen atoms in total. The van der Waals surface area contributed by atoms with Crippen LogP contribution in [0.4, 0.5) is 10.5 Å². The Hall–Kier alpha value is -4.17. The monoisotopic (exact) mass is 463 g/mol. The summed E-state index contributed by atoms with van der Waals surface area (Å²) in [4.78, 5) is 35.4. The number of phenolic OH excluding ortho intramolecular Hbond substituents is 1. The molecule has 3 aromatic carbocycles. The molecule has 0 saturated heterocycles. The summed E-state index contributed by atoms with van der Waals surface area (Å²) < 4.78 is 11.5. The third kappa shape index (κ3) is 5.99. The van der Waals surface area contributed by atoms with Crippen molar-refractivity contribution in [3.63, 3.8) is 0 Å². The molecule has 3 N–H and O–H groups in total. The Morgan fingerprint density at radius 2 is 1.68 bits per heavy atom. The van der Waals surface area contributed by atoms with E-state index in [2.05, 4.69) is 5.32 Å². The number of nitrogens with one attached hydrogen (secondary N) is 1. The van der Waals surface area contributed by atoms with Crippen LogP contribution in [0.5, 0.6) is 5.75 Å². The minimum Gasteiger partial charge on any atom is -0.507 e. The number of carboxylic acids is 1. The van der Waals surface area contributed by atoms with E-state index in [9.17, 15) is 19.5 Å². The van der Waals surface area contributed by atoms with Crippen LogP contribution in [0.25, 0.3) is 10.8 Å². The second kappa shape index (κ2) is 11.1. The van der Waals surface area contributed by atoms with E-state index < -0.39 is 24.3 Å². The van der Waals surface area contributed by atoms with Crippen LogP contribution in [0.1, 0.15) is 35.9 Å². The third-order valence-corrected chi connectivity index (χ3v) is 5.10. The number of benzene rings is 3. The molecule has 176 valence electrons. The molecule has 3 rings (SSSR count). The Labute approximate surface area is 196 Å². The standard InChI is InChI=1S/C26H25NO7/c1-3-33-23(14-15-24(30)31)25(21-12-13-22(29)20-7-5-4-6-19(20)21)34-26(32)27-18-10-8-17(9-11-18)16(2)28/h4-15,23,25,29H,3H2,1-2H3,(H,27,32)(H,30,31)/b15-14+/t23-,25-/m1/s1. The van der Waals surface area contributed by atoms with Gasteiger partial charge in [0.15, 0.2) is 11.9 Å². The van der Waals surface area contributed by atoms with E-state index in [4.69, 9.17) is 14.6 Å². The van der Waals surface area contributed by atoms with Crippen molar-refractivity contribution in [1.82, 2.24) is 0 Å². The van der Waals surface area contributed by atoms with Gasteiger partial charge >= 0.3 is 12.1 Å². The number of anilines is 1. The lowest BCUT2D eigenvalue weighted by atomic mass is 9.96. The highest BCUT2D eigenvalue weighted by Crippen LogP contribution is 2.35. The molecule has 0 heterocycles. The molecule has 0 aromatic heterocycles. The van der Waals surface area contributed by atoms with Gasteiger partial charge in [-0.05, 0) is 55.6 Å². The van der Waals surface area contributed by atoms with Crippen LogP contribution in [0.2, 0.25) is 0 Å². The zero-order valence-corrected chi connectivity index (χ0v) is 18.7. The molecule has 0 aliphatic carbocycles. The number of Topliss-reactive ketones (excluding diaryl/α,β-unsaturated/α-hetero) is 1. The average molecular weight is 463 g/mol. The summed E-state index contributed by atoms with van der Waals surface area (Å²) in [7, 11) is 0. The summed E-state index contributed by atoms with van der Waals surface area (Å²) in [5.74, 6) is -1.21. The quantitative estimate of drug-likeness (QED) is 0.299. The van der Waals surface area contributed by atoms with E-state index in [-0.39, 0.29) is 18.1 Å². The second-order valence-electron chi connectivity index (χ2n) is 7.42. The van der Waals surface area contributed by atoms with Crippen LogP contribution in [-0.2, 0) is 14.3 Å². The number of carbonyl (C=O) groups is 3. The smallest absolute Gasteiger partial charge is 0.412 e. The number of hydrogen-bond donors (Lipinski definition) is 3. The highest BCUT2D eigenvalue weighted by atomic mass is 16.6. The number of fused-ring (bicyclic) bond motifs is 1. The van der Waals surface area contributed by atoms with Gasteiger partial charge in [0.25, 0.3) is 0 Å². The molecule has 0 spiro atoms. The Morgan fingerprint density at radius 1 is 1.00 bits per heavy atom. The minimum absolute atomic E-state index is 0.0575. The molecule has 0 saturated carbocycles. The summed E-state index contributed by atoms with van der Waals surface area (Å²) in [6, 6.07) is 16.5. The first-order chi connectivity index (χ1) is 16.3. The summed E-state index contributed by atoms with van der Waals surface area (Å²) >= 11 is 0. The fourth-order valence-corrected chi connectivity index (χ4v) is 3.53. The number of ether oxygens (including phenoxy) is 2. The second-order valence-corrected chi connectivity index (χ2v) is 7.42. The van der Waals surface area contributed by atoms with E-state index in [1.807, 2.05) is 0 Å². The zero-order chi connectivity index (χ0) is 24.7. The van der Waals surface area contributed by atoms with Crippen LogP contribution in [0, 0.1) is 0 Å². The topological polar surface area (TPSA) is 122 Å². The van der Waals surface area contributed by atoms with Crippen molar-refractivity contribution in [2.24, 2.45) is 0 Å². The number of aromatic hydroxyl groups is 1. The molecule has 34 heavy (non-hydrogen) atoms. The molecule has 0 radical (unpaired) electrons. The Kier molecular flexibility index (Phi) is 8.00. The predicted molar refractivity (Wildman–Crippen MR) is 127 cm³/mol. The molecule has 0 aliphatic heterocycles. The predicted octanol–water partition coefficient (Wildman–Crippen LogP) is 5.08. The third-order valence-electron chi connectivity index (χ3n) is 5.10.